The molecule has 10 N–H and O–H groups in total. The van der Waals surface area contributed by atoms with Gasteiger partial charge in [0, 0.05) is 11.9 Å². The maximum Gasteiger partial charge on any atom is 1.00 e. The number of aliphatic hydroxyl groups excluding tert-OH is 8. The zero-order chi connectivity index (χ0) is 31.7. The molecule has 0 unspecified atom stereocenters. The summed E-state index contributed by atoms with van der Waals surface area (Å²) in [7, 11) is 0. The molecule has 0 aliphatic carbocycles. The Balaban J connectivity index is -0.000000230. The van der Waals surface area contributed by atoms with Crippen LogP contribution in [0.15, 0.2) is 23.0 Å². The zero-order valence-corrected chi connectivity index (χ0v) is 26.1. The van der Waals surface area contributed by atoms with Crippen LogP contribution in [0.2, 0.25) is 0 Å². The van der Waals surface area contributed by atoms with E-state index in [0.717, 1.165) is 0 Å². The van der Waals surface area contributed by atoms with Gasteiger partial charge in [-0.05, 0) is 12.8 Å². The molecule has 42 heavy (non-hydrogen) atoms. The van der Waals surface area contributed by atoms with E-state index in [1.807, 2.05) is 0 Å². The summed E-state index contributed by atoms with van der Waals surface area (Å²) in [6.45, 7) is -1.34. The topological polar surface area (TPSA) is 369 Å². The van der Waals surface area contributed by atoms with Crippen LogP contribution in [-0.4, -0.2) is 125 Å². The molecule has 2 heterocycles. The number of hydrogen-bond acceptors (Lipinski definition) is 18. The summed E-state index contributed by atoms with van der Waals surface area (Å²) in [6.07, 6.45) is -7.09. The summed E-state index contributed by atoms with van der Waals surface area (Å²) in [6, 6.07) is 0. The fraction of sp³-hybridized carbons (Fsp3) is 0.500. The van der Waals surface area contributed by atoms with Gasteiger partial charge in [0.2, 0.25) is 11.5 Å². The number of carbonyl (C=O) groups is 6. The van der Waals surface area contributed by atoms with E-state index in [2.05, 4.69) is 9.47 Å². The Morgan fingerprint density at radius 2 is 0.905 bits per heavy atom. The Bertz CT molecular complexity index is 886. The molecular weight excluding hydrogens is 606 g/mol. The van der Waals surface area contributed by atoms with Crippen LogP contribution >= 0.6 is 0 Å². The average molecular weight is 632 g/mol. The Labute approximate surface area is 279 Å². The maximum atomic E-state index is 10.5. The first kappa shape index (κ1) is 46.3. The van der Waals surface area contributed by atoms with Gasteiger partial charge in [0.25, 0.3) is 0 Å². The molecule has 4 atom stereocenters. The molecule has 0 aromatic heterocycles. The van der Waals surface area contributed by atoms with Crippen molar-refractivity contribution in [3.63, 3.8) is 0 Å². The van der Waals surface area contributed by atoms with Crippen molar-refractivity contribution >= 4 is 35.8 Å². The van der Waals surface area contributed by atoms with E-state index >= 15 is 0 Å². The smallest absolute Gasteiger partial charge is 0.550 e. The van der Waals surface area contributed by atoms with Crippen molar-refractivity contribution in [2.45, 2.75) is 50.1 Å². The van der Waals surface area contributed by atoms with Gasteiger partial charge in [-0.2, -0.15) is 0 Å². The standard InChI is InChI=1S/2C6H8O6.2C4H6O4.2Na/c2*7-1-2(8)5-3(9)4(10)6(11)12-5;2*5-3(6)1-2-4(7)8;;/h2*2,5,7-10H,1H2;2*1-2H2,(H,5,6)(H,7,8);;/q;;;;2*+1/p-2/t2*2-,5+;;;;/m00..../s1. The van der Waals surface area contributed by atoms with Crippen LogP contribution in [-0.2, 0) is 38.2 Å². The predicted molar refractivity (Wildman–Crippen MR) is 114 cm³/mol. The van der Waals surface area contributed by atoms with Gasteiger partial charge in [-0.25, -0.2) is 9.59 Å². The van der Waals surface area contributed by atoms with Gasteiger partial charge in [0.15, 0.2) is 23.7 Å². The molecule has 20 nitrogen and oxygen atoms in total. The van der Waals surface area contributed by atoms with Crippen LogP contribution in [0.5, 0.6) is 0 Å². The number of cyclic esters (lactones) is 2. The molecular formula is C20H26Na2O20. The molecule has 2 aliphatic heterocycles. The van der Waals surface area contributed by atoms with E-state index in [9.17, 15) is 39.0 Å². The monoisotopic (exact) mass is 632 g/mol. The number of aliphatic carboxylic acids is 4. The average Bonchev–Trinajstić information content (AvgIpc) is 3.30. The fourth-order valence-electron chi connectivity index (χ4n) is 2.06. The molecule has 0 spiro atoms. The van der Waals surface area contributed by atoms with Crippen LogP contribution in [0.25, 0.3) is 0 Å². The first-order chi connectivity index (χ1) is 18.4. The van der Waals surface area contributed by atoms with Gasteiger partial charge < -0.3 is 80.3 Å². The van der Waals surface area contributed by atoms with Crippen LogP contribution in [0.4, 0.5) is 0 Å². The second-order valence-electron chi connectivity index (χ2n) is 7.15. The van der Waals surface area contributed by atoms with E-state index in [1.165, 1.54) is 0 Å². The Kier molecular flexibility index (Phi) is 26.3. The SMILES string of the molecule is O=C(O)CCC(=O)O.O=C([O-])CCC(=O)[O-].O=C1O[C@H]([C@@H](O)CO)C(O)=C1O.O=C1O[C@H]([C@@H](O)CO)C(O)=C1O.[Na+].[Na+]. The van der Waals surface area contributed by atoms with E-state index in [-0.39, 0.29) is 72.0 Å². The molecule has 228 valence electrons. The minimum absolute atomic E-state index is 0. The number of carboxylic acids is 4. The molecule has 0 aromatic carbocycles. The second kappa shape index (κ2) is 23.9. The largest absolute Gasteiger partial charge is 1.00 e. The number of hydrogen-bond donors (Lipinski definition) is 10. The Morgan fingerprint density at radius 1 is 0.643 bits per heavy atom. The maximum absolute atomic E-state index is 10.5. The minimum atomic E-state index is -1.42. The molecule has 0 saturated heterocycles. The van der Waals surface area contributed by atoms with E-state index < -0.39 is 109 Å². The van der Waals surface area contributed by atoms with Gasteiger partial charge in [-0.15, -0.1) is 0 Å². The zero-order valence-electron chi connectivity index (χ0n) is 22.1. The molecule has 0 amide bonds. The molecule has 22 heteroatoms. The number of carboxylic acid groups (broad SMARTS) is 4. The number of rotatable bonds is 10. The van der Waals surface area contributed by atoms with Gasteiger partial charge in [-0.3, -0.25) is 9.59 Å². The van der Waals surface area contributed by atoms with E-state index in [4.69, 9.17) is 51.1 Å². The summed E-state index contributed by atoms with van der Waals surface area (Å²) >= 11 is 0. The summed E-state index contributed by atoms with van der Waals surface area (Å²) < 4.78 is 8.63. The van der Waals surface area contributed by atoms with Gasteiger partial charge >= 0.3 is 83.0 Å². The first-order valence-electron chi connectivity index (χ1n) is 10.5. The van der Waals surface area contributed by atoms with Gasteiger partial charge in [-0.1, -0.05) is 0 Å². The molecule has 2 rings (SSSR count). The van der Waals surface area contributed by atoms with Crippen LogP contribution < -0.4 is 69.3 Å². The first-order valence-corrected chi connectivity index (χ1v) is 10.5. The van der Waals surface area contributed by atoms with Crippen molar-refractivity contribution in [3.05, 3.63) is 23.0 Å². The molecule has 0 aromatic rings. The summed E-state index contributed by atoms with van der Waals surface area (Å²) in [4.78, 5) is 59.3. The van der Waals surface area contributed by atoms with E-state index in [0.29, 0.717) is 0 Å². The molecule has 2 aliphatic rings. The molecule has 0 saturated carbocycles. The quantitative estimate of drug-likeness (QED) is 0.0789. The van der Waals surface area contributed by atoms with Crippen molar-refractivity contribution in [1.82, 2.24) is 0 Å². The van der Waals surface area contributed by atoms with Crippen LogP contribution in [0.1, 0.15) is 25.7 Å². The third-order valence-corrected chi connectivity index (χ3v) is 4.04. The van der Waals surface area contributed by atoms with Crippen molar-refractivity contribution in [3.8, 4) is 0 Å². The normalized spacial score (nSPS) is 18.0. The summed E-state index contributed by atoms with van der Waals surface area (Å²) in [5.41, 5.74) is 0. The molecule has 0 fully saturated rings. The summed E-state index contributed by atoms with van der Waals surface area (Å²) in [5, 5.41) is 105. The molecule has 0 bridgehead atoms. The number of ether oxygens (including phenoxy) is 2. The third-order valence-electron chi connectivity index (χ3n) is 4.04. The molecule has 0 radical (unpaired) electrons. The van der Waals surface area contributed by atoms with Crippen molar-refractivity contribution in [1.29, 1.82) is 0 Å². The Morgan fingerprint density at radius 3 is 1.05 bits per heavy atom. The predicted octanol–water partition coefficient (Wildman–Crippen LogP) is -11.6. The summed E-state index contributed by atoms with van der Waals surface area (Å²) in [5.74, 6) is -10.4. The third kappa shape index (κ3) is 18.7. The minimum Gasteiger partial charge on any atom is -0.550 e. The van der Waals surface area contributed by atoms with Gasteiger partial charge in [0.05, 0.1) is 26.1 Å². The van der Waals surface area contributed by atoms with E-state index in [1.54, 1.807) is 0 Å². The van der Waals surface area contributed by atoms with Crippen molar-refractivity contribution < 1.29 is 159 Å². The Hall–Kier alpha value is -2.66. The number of esters is 2. The van der Waals surface area contributed by atoms with Gasteiger partial charge in [0.1, 0.15) is 12.2 Å². The van der Waals surface area contributed by atoms with Crippen molar-refractivity contribution in [2.24, 2.45) is 0 Å². The van der Waals surface area contributed by atoms with Crippen LogP contribution in [0, 0.1) is 0 Å². The number of carbonyl (C=O) groups excluding carboxylic acids is 4. The fourth-order valence-corrected chi connectivity index (χ4v) is 2.06. The number of aliphatic hydroxyl groups is 8. The van der Waals surface area contributed by atoms with Crippen molar-refractivity contribution in [2.75, 3.05) is 13.2 Å². The second-order valence-corrected chi connectivity index (χ2v) is 7.15. The van der Waals surface area contributed by atoms with Crippen LogP contribution in [0.3, 0.4) is 0 Å².